The highest BCUT2D eigenvalue weighted by atomic mass is 35.5. The molecule has 0 radical (unpaired) electrons. The van der Waals surface area contributed by atoms with E-state index < -0.39 is 17.8 Å². The summed E-state index contributed by atoms with van der Waals surface area (Å²) in [5, 5.41) is 4.77. The van der Waals surface area contributed by atoms with Crippen LogP contribution in [0.4, 0.5) is 0 Å². The van der Waals surface area contributed by atoms with Crippen molar-refractivity contribution in [1.82, 2.24) is 10.6 Å². The Morgan fingerprint density at radius 1 is 1.07 bits per heavy atom. The minimum Gasteiger partial charge on any atom is -0.497 e. The molecule has 1 saturated heterocycles. The lowest BCUT2D eigenvalue weighted by atomic mass is 10.1. The van der Waals surface area contributed by atoms with Gasteiger partial charge < -0.3 is 9.47 Å². The molecular weight excluding hydrogens is 404 g/mol. The Kier molecular flexibility index (Phi) is 5.72. The van der Waals surface area contributed by atoms with Gasteiger partial charge in [0.25, 0.3) is 11.8 Å². The van der Waals surface area contributed by atoms with Gasteiger partial charge in [-0.3, -0.25) is 20.2 Å². The van der Waals surface area contributed by atoms with Crippen LogP contribution in [0.25, 0.3) is 6.08 Å². The highest BCUT2D eigenvalue weighted by molar-refractivity contribution is 7.80. The average molecular weight is 417 g/mol. The predicted molar refractivity (Wildman–Crippen MR) is 106 cm³/mol. The van der Waals surface area contributed by atoms with Crippen LogP contribution in [-0.2, 0) is 9.59 Å². The standard InChI is InChI=1S/C19H13ClN2O5S/c1-26-12-5-3-11(4-6-12)18(25)27-15-7-2-10(9-14(15)20)8-13-16(23)21-19(28)22-17(13)24/h2-9H,1H3,(H2,21,22,23,24,28). The highest BCUT2D eigenvalue weighted by Gasteiger charge is 2.25. The van der Waals surface area contributed by atoms with Gasteiger partial charge in [-0.05, 0) is 60.3 Å². The van der Waals surface area contributed by atoms with Crippen molar-refractivity contribution < 1.29 is 23.9 Å². The minimum atomic E-state index is -0.611. The van der Waals surface area contributed by atoms with Crippen molar-refractivity contribution >= 4 is 52.8 Å². The van der Waals surface area contributed by atoms with Crippen LogP contribution in [-0.4, -0.2) is 30.0 Å². The van der Waals surface area contributed by atoms with Crippen LogP contribution in [0.1, 0.15) is 15.9 Å². The summed E-state index contributed by atoms with van der Waals surface area (Å²) in [7, 11) is 1.53. The normalized spacial score (nSPS) is 13.5. The molecule has 0 aromatic heterocycles. The second kappa shape index (κ2) is 8.20. The van der Waals surface area contributed by atoms with E-state index in [9.17, 15) is 14.4 Å². The van der Waals surface area contributed by atoms with E-state index >= 15 is 0 Å². The maximum Gasteiger partial charge on any atom is 0.343 e. The zero-order valence-electron chi connectivity index (χ0n) is 14.4. The Balaban J connectivity index is 1.77. The van der Waals surface area contributed by atoms with Crippen molar-refractivity contribution in [2.75, 3.05) is 7.11 Å². The molecular formula is C19H13ClN2O5S. The minimum absolute atomic E-state index is 0.0500. The summed E-state index contributed by atoms with van der Waals surface area (Å²) in [6.07, 6.45) is 1.35. The Labute approximate surface area is 170 Å². The van der Waals surface area contributed by atoms with Gasteiger partial charge in [0.1, 0.15) is 17.1 Å². The van der Waals surface area contributed by atoms with E-state index in [0.29, 0.717) is 16.9 Å². The molecule has 0 bridgehead atoms. The number of hydrogen-bond donors (Lipinski definition) is 2. The molecule has 0 spiro atoms. The number of rotatable bonds is 4. The van der Waals surface area contributed by atoms with Crippen LogP contribution in [0.2, 0.25) is 5.02 Å². The number of nitrogens with one attached hydrogen (secondary N) is 2. The first-order valence-electron chi connectivity index (χ1n) is 7.91. The third-order valence-corrected chi connectivity index (χ3v) is 4.24. The van der Waals surface area contributed by atoms with Crippen LogP contribution in [0.15, 0.2) is 48.0 Å². The van der Waals surface area contributed by atoms with E-state index in [0.717, 1.165) is 0 Å². The topological polar surface area (TPSA) is 93.7 Å². The van der Waals surface area contributed by atoms with Crippen LogP contribution >= 0.6 is 23.8 Å². The van der Waals surface area contributed by atoms with Crippen LogP contribution in [0.5, 0.6) is 11.5 Å². The van der Waals surface area contributed by atoms with E-state index in [4.69, 9.17) is 33.3 Å². The summed E-state index contributed by atoms with van der Waals surface area (Å²) in [5.74, 6) is -1.05. The molecule has 0 aliphatic carbocycles. The van der Waals surface area contributed by atoms with Gasteiger partial charge in [0.05, 0.1) is 17.7 Å². The molecule has 2 N–H and O–H groups in total. The molecule has 28 heavy (non-hydrogen) atoms. The van der Waals surface area contributed by atoms with Gasteiger partial charge in [-0.25, -0.2) is 4.79 Å². The number of ether oxygens (including phenoxy) is 2. The molecule has 0 saturated carbocycles. The third-order valence-electron chi connectivity index (χ3n) is 3.74. The monoisotopic (exact) mass is 416 g/mol. The maximum absolute atomic E-state index is 12.2. The Hall–Kier alpha value is -3.23. The molecule has 2 aromatic carbocycles. The molecule has 2 amide bonds. The third kappa shape index (κ3) is 4.36. The first-order valence-corrected chi connectivity index (χ1v) is 8.70. The number of carbonyl (C=O) groups is 3. The van der Waals surface area contributed by atoms with Crippen molar-refractivity contribution in [1.29, 1.82) is 0 Å². The molecule has 0 atom stereocenters. The molecule has 142 valence electrons. The molecule has 0 unspecified atom stereocenters. The van der Waals surface area contributed by atoms with Crippen molar-refractivity contribution in [3.05, 3.63) is 64.2 Å². The van der Waals surface area contributed by atoms with E-state index in [2.05, 4.69) is 10.6 Å². The molecule has 2 aromatic rings. The van der Waals surface area contributed by atoms with Gasteiger partial charge in [0.2, 0.25) is 0 Å². The number of carbonyl (C=O) groups excluding carboxylic acids is 3. The molecule has 7 nitrogen and oxygen atoms in total. The fourth-order valence-corrected chi connectivity index (χ4v) is 2.76. The highest BCUT2D eigenvalue weighted by Crippen LogP contribution is 2.27. The smallest absolute Gasteiger partial charge is 0.343 e. The fraction of sp³-hybridized carbons (Fsp3) is 0.0526. The SMILES string of the molecule is COc1ccc(C(=O)Oc2ccc(C=C3C(=O)NC(=S)NC3=O)cc2Cl)cc1. The number of esters is 1. The molecule has 1 fully saturated rings. The zero-order valence-corrected chi connectivity index (χ0v) is 16.0. The molecule has 1 aliphatic heterocycles. The van der Waals surface area contributed by atoms with E-state index in [1.165, 1.54) is 25.3 Å². The lowest BCUT2D eigenvalue weighted by Gasteiger charge is -2.16. The Morgan fingerprint density at radius 3 is 2.29 bits per heavy atom. The number of halogens is 1. The van der Waals surface area contributed by atoms with Gasteiger partial charge in [0, 0.05) is 0 Å². The van der Waals surface area contributed by atoms with Crippen molar-refractivity contribution in [2.45, 2.75) is 0 Å². The second-order valence-electron chi connectivity index (χ2n) is 5.60. The van der Waals surface area contributed by atoms with Crippen LogP contribution < -0.4 is 20.1 Å². The van der Waals surface area contributed by atoms with E-state index in [1.807, 2.05) is 0 Å². The van der Waals surface area contributed by atoms with E-state index in [-0.39, 0.29) is 21.5 Å². The van der Waals surface area contributed by atoms with Gasteiger partial charge >= 0.3 is 5.97 Å². The zero-order chi connectivity index (χ0) is 20.3. The number of methoxy groups -OCH3 is 1. The van der Waals surface area contributed by atoms with E-state index in [1.54, 1.807) is 30.3 Å². The van der Waals surface area contributed by atoms with Gasteiger partial charge in [-0.1, -0.05) is 17.7 Å². The van der Waals surface area contributed by atoms with Crippen LogP contribution in [0, 0.1) is 0 Å². The van der Waals surface area contributed by atoms with Crippen molar-refractivity contribution in [2.24, 2.45) is 0 Å². The lowest BCUT2D eigenvalue weighted by molar-refractivity contribution is -0.123. The number of thiocarbonyl (C=S) groups is 1. The van der Waals surface area contributed by atoms with Crippen molar-refractivity contribution in [3.8, 4) is 11.5 Å². The summed E-state index contributed by atoms with van der Waals surface area (Å²) >= 11 is 10.9. The molecule has 9 heteroatoms. The first kappa shape index (κ1) is 19.5. The quantitative estimate of drug-likeness (QED) is 0.261. The maximum atomic E-state index is 12.2. The lowest BCUT2D eigenvalue weighted by Crippen LogP contribution is -2.51. The summed E-state index contributed by atoms with van der Waals surface area (Å²) < 4.78 is 10.3. The largest absolute Gasteiger partial charge is 0.497 e. The fourth-order valence-electron chi connectivity index (χ4n) is 2.35. The summed E-state index contributed by atoms with van der Waals surface area (Å²) in [4.78, 5) is 36.0. The molecule has 3 rings (SSSR count). The van der Waals surface area contributed by atoms with Crippen molar-refractivity contribution in [3.63, 3.8) is 0 Å². The Bertz CT molecular complexity index is 995. The molecule has 1 heterocycles. The number of amides is 2. The molecule has 1 aliphatic rings. The number of benzene rings is 2. The summed E-state index contributed by atoms with van der Waals surface area (Å²) in [6.45, 7) is 0. The van der Waals surface area contributed by atoms with Gasteiger partial charge in [-0.2, -0.15) is 0 Å². The summed E-state index contributed by atoms with van der Waals surface area (Å²) in [6, 6.07) is 10.9. The second-order valence-corrected chi connectivity index (χ2v) is 6.42. The average Bonchev–Trinajstić information content (AvgIpc) is 2.66. The van der Waals surface area contributed by atoms with Crippen LogP contribution in [0.3, 0.4) is 0 Å². The van der Waals surface area contributed by atoms with Gasteiger partial charge in [0.15, 0.2) is 5.11 Å². The Morgan fingerprint density at radius 2 is 1.71 bits per heavy atom. The van der Waals surface area contributed by atoms with Gasteiger partial charge in [-0.15, -0.1) is 0 Å². The number of hydrogen-bond acceptors (Lipinski definition) is 6. The first-order chi connectivity index (χ1) is 13.4. The predicted octanol–water partition coefficient (Wildman–Crippen LogP) is 2.48. The summed E-state index contributed by atoms with van der Waals surface area (Å²) in [5.41, 5.74) is 0.685.